The summed E-state index contributed by atoms with van der Waals surface area (Å²) in [5.41, 5.74) is 1.30. The second-order valence-electron chi connectivity index (χ2n) is 5.64. The Morgan fingerprint density at radius 2 is 2.00 bits per heavy atom. The van der Waals surface area contributed by atoms with Gasteiger partial charge in [-0.15, -0.1) is 11.3 Å². The van der Waals surface area contributed by atoms with Gasteiger partial charge in [-0.25, -0.2) is 4.79 Å². The number of ether oxygens (including phenoxy) is 1. The lowest BCUT2D eigenvalue weighted by molar-refractivity contribution is 0.0702. The van der Waals surface area contributed by atoms with Crippen LogP contribution in [0.1, 0.15) is 40.9 Å². The van der Waals surface area contributed by atoms with Crippen LogP contribution >= 0.6 is 11.3 Å². The van der Waals surface area contributed by atoms with Crippen molar-refractivity contribution in [2.75, 3.05) is 0 Å². The molecule has 0 atom stereocenters. The topological polar surface area (TPSA) is 46.5 Å². The molecule has 1 N–H and O–H groups in total. The van der Waals surface area contributed by atoms with Crippen molar-refractivity contribution in [2.45, 2.75) is 32.8 Å². The fraction of sp³-hybridized carbons (Fsp3) is 0.312. The molecule has 0 saturated carbocycles. The van der Waals surface area contributed by atoms with E-state index in [1.54, 1.807) is 12.1 Å². The van der Waals surface area contributed by atoms with Gasteiger partial charge in [0.1, 0.15) is 17.2 Å². The number of carboxylic acid groups (broad SMARTS) is 1. The Morgan fingerprint density at radius 3 is 2.60 bits per heavy atom. The summed E-state index contributed by atoms with van der Waals surface area (Å²) in [5, 5.41) is 8.88. The molecule has 2 aromatic rings. The molecule has 0 bridgehead atoms. The maximum Gasteiger partial charge on any atom is 0.345 e. The van der Waals surface area contributed by atoms with E-state index in [1.807, 2.05) is 18.2 Å². The fourth-order valence-electron chi connectivity index (χ4n) is 1.78. The van der Waals surface area contributed by atoms with E-state index in [9.17, 15) is 4.79 Å². The largest absolute Gasteiger partial charge is 0.488 e. The van der Waals surface area contributed by atoms with Crippen molar-refractivity contribution in [3.63, 3.8) is 0 Å². The van der Waals surface area contributed by atoms with Crippen LogP contribution in [0.25, 0.3) is 0 Å². The van der Waals surface area contributed by atoms with Crippen LogP contribution in [0, 0.1) is 0 Å². The lowest BCUT2D eigenvalue weighted by Gasteiger charge is -2.19. The lowest BCUT2D eigenvalue weighted by atomic mass is 9.87. The van der Waals surface area contributed by atoms with Gasteiger partial charge in [0.15, 0.2) is 0 Å². The summed E-state index contributed by atoms with van der Waals surface area (Å²) in [6.45, 7) is 6.87. The molecule has 0 spiro atoms. The van der Waals surface area contributed by atoms with Crippen LogP contribution in [-0.2, 0) is 12.0 Å². The third-order valence-corrected chi connectivity index (χ3v) is 4.00. The molecule has 20 heavy (non-hydrogen) atoms. The van der Waals surface area contributed by atoms with E-state index in [0.29, 0.717) is 11.5 Å². The van der Waals surface area contributed by atoms with E-state index in [2.05, 4.69) is 26.8 Å². The molecule has 1 aromatic carbocycles. The molecule has 1 aromatic heterocycles. The summed E-state index contributed by atoms with van der Waals surface area (Å²) in [5.74, 6) is -0.0846. The van der Waals surface area contributed by atoms with Crippen molar-refractivity contribution in [3.8, 4) is 5.75 Å². The van der Waals surface area contributed by atoms with Crippen LogP contribution in [0.15, 0.2) is 36.4 Å². The predicted molar refractivity (Wildman–Crippen MR) is 80.8 cm³/mol. The zero-order valence-electron chi connectivity index (χ0n) is 11.8. The second kappa shape index (κ2) is 5.67. The van der Waals surface area contributed by atoms with Crippen LogP contribution in [0.3, 0.4) is 0 Å². The number of carboxylic acids is 1. The van der Waals surface area contributed by atoms with Crippen LogP contribution in [0.4, 0.5) is 0 Å². The third kappa shape index (κ3) is 3.61. The molecule has 0 amide bonds. The quantitative estimate of drug-likeness (QED) is 0.912. The number of hydrogen-bond acceptors (Lipinski definition) is 3. The summed E-state index contributed by atoms with van der Waals surface area (Å²) in [6, 6.07) is 11.4. The highest BCUT2D eigenvalue weighted by molar-refractivity contribution is 7.13. The molecular formula is C16H18O3S. The Balaban J connectivity index is 2.05. The van der Waals surface area contributed by atoms with Gasteiger partial charge in [-0.2, -0.15) is 0 Å². The maximum atomic E-state index is 10.8. The maximum absolute atomic E-state index is 10.8. The van der Waals surface area contributed by atoms with Gasteiger partial charge in [0, 0.05) is 4.88 Å². The molecule has 3 nitrogen and oxygen atoms in total. The molecule has 0 radical (unpaired) electrons. The average molecular weight is 290 g/mol. The van der Waals surface area contributed by atoms with Gasteiger partial charge >= 0.3 is 5.97 Å². The van der Waals surface area contributed by atoms with Crippen LogP contribution in [0.5, 0.6) is 5.75 Å². The first kappa shape index (κ1) is 14.6. The minimum Gasteiger partial charge on any atom is -0.488 e. The fourth-order valence-corrected chi connectivity index (χ4v) is 2.54. The van der Waals surface area contributed by atoms with E-state index >= 15 is 0 Å². The summed E-state index contributed by atoms with van der Waals surface area (Å²) in [7, 11) is 0. The Morgan fingerprint density at radius 1 is 1.25 bits per heavy atom. The summed E-state index contributed by atoms with van der Waals surface area (Å²) in [6.07, 6.45) is 0. The minimum absolute atomic E-state index is 0.0821. The molecule has 1 heterocycles. The SMILES string of the molecule is CC(C)(C)c1cccc(OCc2ccc(C(=O)O)s2)c1. The molecule has 2 rings (SSSR count). The van der Waals surface area contributed by atoms with Crippen molar-refractivity contribution < 1.29 is 14.6 Å². The first-order valence-electron chi connectivity index (χ1n) is 6.41. The van der Waals surface area contributed by atoms with Crippen molar-refractivity contribution in [1.82, 2.24) is 0 Å². The van der Waals surface area contributed by atoms with Gasteiger partial charge in [-0.3, -0.25) is 0 Å². The van der Waals surface area contributed by atoms with Crippen molar-refractivity contribution in [1.29, 1.82) is 0 Å². The third-order valence-electron chi connectivity index (χ3n) is 2.95. The van der Waals surface area contributed by atoms with Crippen molar-refractivity contribution >= 4 is 17.3 Å². The smallest absolute Gasteiger partial charge is 0.345 e. The average Bonchev–Trinajstić information content (AvgIpc) is 2.85. The standard InChI is InChI=1S/C16H18O3S/c1-16(2,3)11-5-4-6-12(9-11)19-10-13-7-8-14(20-13)15(17)18/h4-9H,10H2,1-3H3,(H,17,18). The van der Waals surface area contributed by atoms with Gasteiger partial charge in [0.2, 0.25) is 0 Å². The monoisotopic (exact) mass is 290 g/mol. The van der Waals surface area contributed by atoms with Crippen LogP contribution in [-0.4, -0.2) is 11.1 Å². The van der Waals surface area contributed by atoms with Gasteiger partial charge in [0.25, 0.3) is 0 Å². The van der Waals surface area contributed by atoms with E-state index in [0.717, 1.165) is 10.6 Å². The number of aromatic carboxylic acids is 1. The Hall–Kier alpha value is -1.81. The molecule has 0 saturated heterocycles. The first-order valence-corrected chi connectivity index (χ1v) is 7.23. The number of benzene rings is 1. The van der Waals surface area contributed by atoms with E-state index in [1.165, 1.54) is 16.9 Å². The van der Waals surface area contributed by atoms with E-state index in [4.69, 9.17) is 9.84 Å². The van der Waals surface area contributed by atoms with E-state index in [-0.39, 0.29) is 5.41 Å². The minimum atomic E-state index is -0.893. The highest BCUT2D eigenvalue weighted by Gasteiger charge is 2.14. The van der Waals surface area contributed by atoms with Crippen molar-refractivity contribution in [3.05, 3.63) is 51.7 Å². The van der Waals surface area contributed by atoms with Gasteiger partial charge < -0.3 is 9.84 Å². The highest BCUT2D eigenvalue weighted by atomic mass is 32.1. The highest BCUT2D eigenvalue weighted by Crippen LogP contribution is 2.26. The molecule has 0 aliphatic heterocycles. The number of carbonyl (C=O) groups is 1. The molecular weight excluding hydrogens is 272 g/mol. The van der Waals surface area contributed by atoms with Gasteiger partial charge in [-0.05, 0) is 35.2 Å². The molecule has 0 unspecified atom stereocenters. The Labute approximate surface area is 122 Å². The van der Waals surface area contributed by atoms with Gasteiger partial charge in [-0.1, -0.05) is 32.9 Å². The van der Waals surface area contributed by atoms with Crippen molar-refractivity contribution in [2.24, 2.45) is 0 Å². The molecule has 4 heteroatoms. The number of hydrogen-bond donors (Lipinski definition) is 1. The van der Waals surface area contributed by atoms with Crippen LogP contribution in [0.2, 0.25) is 0 Å². The lowest BCUT2D eigenvalue weighted by Crippen LogP contribution is -2.10. The Bertz CT molecular complexity index is 608. The van der Waals surface area contributed by atoms with E-state index < -0.39 is 5.97 Å². The van der Waals surface area contributed by atoms with Gasteiger partial charge in [0.05, 0.1) is 0 Å². The summed E-state index contributed by atoms with van der Waals surface area (Å²) >= 11 is 1.25. The summed E-state index contributed by atoms with van der Waals surface area (Å²) in [4.78, 5) is 12.1. The normalized spacial score (nSPS) is 11.3. The number of thiophene rings is 1. The first-order chi connectivity index (χ1) is 9.36. The molecule has 0 fully saturated rings. The number of rotatable bonds is 4. The molecule has 106 valence electrons. The zero-order chi connectivity index (χ0) is 14.8. The Kier molecular flexibility index (Phi) is 4.14. The molecule has 0 aliphatic rings. The predicted octanol–water partition coefficient (Wildman–Crippen LogP) is 4.32. The summed E-state index contributed by atoms with van der Waals surface area (Å²) < 4.78 is 5.74. The van der Waals surface area contributed by atoms with Crippen LogP contribution < -0.4 is 4.74 Å². The zero-order valence-corrected chi connectivity index (χ0v) is 12.7. The second-order valence-corrected chi connectivity index (χ2v) is 6.81. The molecule has 0 aliphatic carbocycles.